The highest BCUT2D eigenvalue weighted by Gasteiger charge is 2.23. The van der Waals surface area contributed by atoms with Crippen molar-refractivity contribution in [3.05, 3.63) is 36.2 Å². The van der Waals surface area contributed by atoms with Crippen molar-refractivity contribution in [2.75, 3.05) is 29.9 Å². The van der Waals surface area contributed by atoms with E-state index in [4.69, 9.17) is 0 Å². The second-order valence-electron chi connectivity index (χ2n) is 6.79. The van der Waals surface area contributed by atoms with Crippen LogP contribution in [0.5, 0.6) is 0 Å². The molecule has 0 saturated carbocycles. The Morgan fingerprint density at radius 3 is 2.76 bits per heavy atom. The molecule has 1 fully saturated rings. The molecule has 1 aliphatic rings. The van der Waals surface area contributed by atoms with Gasteiger partial charge >= 0.3 is 6.03 Å². The number of para-hydroxylation sites is 1. The highest BCUT2D eigenvalue weighted by molar-refractivity contribution is 5.87. The normalized spacial score (nSPS) is 17.1. The summed E-state index contributed by atoms with van der Waals surface area (Å²) in [4.78, 5) is 18.7. The summed E-state index contributed by atoms with van der Waals surface area (Å²) in [7, 11) is 0. The molecule has 7 heteroatoms. The standard InChI is InChI=1S/C18H26N6O/c1-13(2)24-14(3)20-17(22-24)21-18(25)19-11-15-9-10-23(12-15)16-7-5-4-6-8-16/h4-8,13,15H,9-12H2,1-3H3,(H2,19,21,22,25)/t15-/m0/s1. The number of aromatic nitrogens is 3. The summed E-state index contributed by atoms with van der Waals surface area (Å²) >= 11 is 0. The van der Waals surface area contributed by atoms with Crippen LogP contribution < -0.4 is 15.5 Å². The van der Waals surface area contributed by atoms with Gasteiger partial charge in [0.1, 0.15) is 5.82 Å². The van der Waals surface area contributed by atoms with Gasteiger partial charge in [-0.3, -0.25) is 5.32 Å². The van der Waals surface area contributed by atoms with Crippen LogP contribution in [0.25, 0.3) is 0 Å². The lowest BCUT2D eigenvalue weighted by molar-refractivity contribution is 0.250. The second kappa shape index (κ2) is 7.55. The third-order valence-corrected chi connectivity index (χ3v) is 4.47. The van der Waals surface area contributed by atoms with E-state index in [2.05, 4.69) is 49.9 Å². The number of anilines is 2. The van der Waals surface area contributed by atoms with Crippen LogP contribution in [0.1, 0.15) is 32.1 Å². The molecule has 1 aromatic heterocycles. The van der Waals surface area contributed by atoms with Crippen LogP contribution in [-0.4, -0.2) is 40.4 Å². The van der Waals surface area contributed by atoms with Crippen LogP contribution >= 0.6 is 0 Å². The van der Waals surface area contributed by atoms with Crippen LogP contribution in [0.15, 0.2) is 30.3 Å². The Morgan fingerprint density at radius 1 is 1.32 bits per heavy atom. The van der Waals surface area contributed by atoms with Gasteiger partial charge in [-0.05, 0) is 45.2 Å². The van der Waals surface area contributed by atoms with Crippen molar-refractivity contribution < 1.29 is 4.79 Å². The van der Waals surface area contributed by atoms with Gasteiger partial charge in [-0.2, -0.15) is 4.98 Å². The lowest BCUT2D eigenvalue weighted by Gasteiger charge is -2.18. The van der Waals surface area contributed by atoms with Crippen molar-refractivity contribution in [2.24, 2.45) is 5.92 Å². The highest BCUT2D eigenvalue weighted by atomic mass is 16.2. The van der Waals surface area contributed by atoms with Crippen LogP contribution in [0.2, 0.25) is 0 Å². The average molecular weight is 342 g/mol. The van der Waals surface area contributed by atoms with Gasteiger partial charge in [0.15, 0.2) is 0 Å². The number of benzene rings is 1. The van der Waals surface area contributed by atoms with Crippen molar-refractivity contribution in [2.45, 2.75) is 33.2 Å². The molecule has 7 nitrogen and oxygen atoms in total. The number of nitrogens with zero attached hydrogens (tertiary/aromatic N) is 4. The predicted molar refractivity (Wildman–Crippen MR) is 98.9 cm³/mol. The molecule has 134 valence electrons. The Hall–Kier alpha value is -2.57. The fourth-order valence-corrected chi connectivity index (χ4v) is 3.20. The minimum absolute atomic E-state index is 0.216. The minimum Gasteiger partial charge on any atom is -0.371 e. The zero-order valence-corrected chi connectivity index (χ0v) is 15.1. The summed E-state index contributed by atoms with van der Waals surface area (Å²) in [6.07, 6.45) is 1.08. The predicted octanol–water partition coefficient (Wildman–Crippen LogP) is 2.82. The highest BCUT2D eigenvalue weighted by Crippen LogP contribution is 2.22. The van der Waals surface area contributed by atoms with Gasteiger partial charge in [0.05, 0.1) is 0 Å². The molecule has 0 radical (unpaired) electrons. The molecule has 1 atom stereocenters. The van der Waals surface area contributed by atoms with Crippen molar-refractivity contribution in [3.63, 3.8) is 0 Å². The topological polar surface area (TPSA) is 75.1 Å². The molecule has 2 N–H and O–H groups in total. The summed E-state index contributed by atoms with van der Waals surface area (Å²) in [5.74, 6) is 1.59. The second-order valence-corrected chi connectivity index (χ2v) is 6.79. The van der Waals surface area contributed by atoms with E-state index < -0.39 is 0 Å². The van der Waals surface area contributed by atoms with Crippen molar-refractivity contribution in [3.8, 4) is 0 Å². The molecule has 2 amide bonds. The van der Waals surface area contributed by atoms with Crippen LogP contribution in [-0.2, 0) is 0 Å². The molecular weight excluding hydrogens is 316 g/mol. The van der Waals surface area contributed by atoms with Gasteiger partial charge in [0.25, 0.3) is 0 Å². The van der Waals surface area contributed by atoms with E-state index in [-0.39, 0.29) is 12.1 Å². The van der Waals surface area contributed by atoms with E-state index in [1.165, 1.54) is 5.69 Å². The van der Waals surface area contributed by atoms with E-state index in [1.54, 1.807) is 4.68 Å². The number of carbonyl (C=O) groups excluding carboxylic acids is 1. The molecule has 0 unspecified atom stereocenters. The molecule has 1 aliphatic heterocycles. The summed E-state index contributed by atoms with van der Waals surface area (Å²) in [6, 6.07) is 10.4. The number of hydrogen-bond acceptors (Lipinski definition) is 4. The van der Waals surface area contributed by atoms with Crippen molar-refractivity contribution in [1.82, 2.24) is 20.1 Å². The first-order valence-corrected chi connectivity index (χ1v) is 8.81. The van der Waals surface area contributed by atoms with Crippen molar-refractivity contribution >= 4 is 17.7 Å². The molecule has 1 saturated heterocycles. The summed E-state index contributed by atoms with van der Waals surface area (Å²) in [6.45, 7) is 8.58. The first-order chi connectivity index (χ1) is 12.0. The van der Waals surface area contributed by atoms with Gasteiger partial charge in [0.2, 0.25) is 5.95 Å². The van der Waals surface area contributed by atoms with Gasteiger partial charge in [-0.25, -0.2) is 9.48 Å². The molecule has 0 aliphatic carbocycles. The molecule has 0 bridgehead atoms. The lowest BCUT2D eigenvalue weighted by atomic mass is 10.1. The number of urea groups is 1. The summed E-state index contributed by atoms with van der Waals surface area (Å²) in [5.41, 5.74) is 1.24. The zero-order valence-electron chi connectivity index (χ0n) is 15.1. The van der Waals surface area contributed by atoms with Crippen LogP contribution in [0.3, 0.4) is 0 Å². The molecule has 2 heterocycles. The Kier molecular flexibility index (Phi) is 5.21. The van der Waals surface area contributed by atoms with E-state index in [1.807, 2.05) is 26.8 Å². The maximum absolute atomic E-state index is 12.1. The monoisotopic (exact) mass is 342 g/mol. The van der Waals surface area contributed by atoms with E-state index in [0.29, 0.717) is 18.4 Å². The van der Waals surface area contributed by atoms with Crippen LogP contribution in [0.4, 0.5) is 16.4 Å². The minimum atomic E-state index is -0.251. The van der Waals surface area contributed by atoms with E-state index in [9.17, 15) is 4.79 Å². The van der Waals surface area contributed by atoms with E-state index in [0.717, 1.165) is 25.3 Å². The first kappa shape index (κ1) is 17.3. The summed E-state index contributed by atoms with van der Waals surface area (Å²) in [5, 5.41) is 9.96. The Morgan fingerprint density at radius 2 is 2.08 bits per heavy atom. The number of hydrogen-bond donors (Lipinski definition) is 2. The quantitative estimate of drug-likeness (QED) is 0.876. The van der Waals surface area contributed by atoms with Crippen LogP contribution in [0, 0.1) is 12.8 Å². The number of aryl methyl sites for hydroxylation is 1. The molecular formula is C18H26N6O. The number of nitrogens with one attached hydrogen (secondary N) is 2. The van der Waals surface area contributed by atoms with Gasteiger partial charge in [0, 0.05) is 31.4 Å². The maximum Gasteiger partial charge on any atom is 0.321 e. The first-order valence-electron chi connectivity index (χ1n) is 8.81. The fraction of sp³-hybridized carbons (Fsp3) is 0.500. The average Bonchev–Trinajstić information content (AvgIpc) is 3.20. The molecule has 25 heavy (non-hydrogen) atoms. The Bertz CT molecular complexity index is 712. The van der Waals surface area contributed by atoms with E-state index >= 15 is 0 Å². The number of rotatable bonds is 5. The van der Waals surface area contributed by atoms with Gasteiger partial charge in [-0.15, -0.1) is 5.10 Å². The Labute approximate surface area is 148 Å². The SMILES string of the molecule is Cc1nc(NC(=O)NC[C@@H]2CCN(c3ccccc3)C2)nn1C(C)C. The Balaban J connectivity index is 1.46. The molecule has 2 aromatic rings. The van der Waals surface area contributed by atoms with Gasteiger partial charge in [-0.1, -0.05) is 18.2 Å². The fourth-order valence-electron chi connectivity index (χ4n) is 3.20. The lowest BCUT2D eigenvalue weighted by Crippen LogP contribution is -2.34. The van der Waals surface area contributed by atoms with Gasteiger partial charge < -0.3 is 10.2 Å². The summed E-state index contributed by atoms with van der Waals surface area (Å²) < 4.78 is 1.80. The number of carbonyl (C=O) groups is 1. The van der Waals surface area contributed by atoms with Crippen molar-refractivity contribution in [1.29, 1.82) is 0 Å². The third-order valence-electron chi connectivity index (χ3n) is 4.47. The molecule has 3 rings (SSSR count). The molecule has 1 aromatic carbocycles. The maximum atomic E-state index is 12.1. The largest absolute Gasteiger partial charge is 0.371 e. The third kappa shape index (κ3) is 4.29. The molecule has 0 spiro atoms. The zero-order chi connectivity index (χ0) is 17.8. The number of amides is 2. The smallest absolute Gasteiger partial charge is 0.321 e.